The minimum absolute atomic E-state index is 0.230. The second kappa shape index (κ2) is 4.89. The Hall–Kier alpha value is -1.33. The van der Waals surface area contributed by atoms with Crippen molar-refractivity contribution in [3.63, 3.8) is 0 Å². The van der Waals surface area contributed by atoms with Crippen molar-refractivity contribution in [1.82, 2.24) is 4.98 Å². The van der Waals surface area contributed by atoms with Crippen LogP contribution < -0.4 is 0 Å². The molecule has 0 spiro atoms. The fraction of sp³-hybridized carbons (Fsp3) is 0.333. The fourth-order valence-electron chi connectivity index (χ4n) is 1.74. The maximum absolute atomic E-state index is 10.8. The Bertz CT molecular complexity index is 568. The van der Waals surface area contributed by atoms with Crippen LogP contribution in [0, 0.1) is 0 Å². The number of rotatable bonds is 5. The molecule has 0 radical (unpaired) electrons. The number of aromatic nitrogens is 1. The minimum Gasteiger partial charge on any atom is -0.358 e. The summed E-state index contributed by atoms with van der Waals surface area (Å²) in [6.07, 6.45) is 2.53. The molecule has 17 heavy (non-hydrogen) atoms. The molecule has 2 aromatic rings. The quantitative estimate of drug-likeness (QED) is 0.655. The summed E-state index contributed by atoms with van der Waals surface area (Å²) in [6, 6.07) is 10.1. The molecule has 0 aliphatic heterocycles. The van der Waals surface area contributed by atoms with Crippen molar-refractivity contribution in [2.45, 2.75) is 12.8 Å². The first-order chi connectivity index (χ1) is 8.04. The van der Waals surface area contributed by atoms with Crippen LogP contribution in [0.25, 0.3) is 10.9 Å². The van der Waals surface area contributed by atoms with Crippen molar-refractivity contribution in [2.75, 3.05) is 12.9 Å². The SMILES string of the molecule is CS(=O)(=O)OCCCc1cc2ccccc2[nH]1. The lowest BCUT2D eigenvalue weighted by atomic mass is 10.2. The van der Waals surface area contributed by atoms with Gasteiger partial charge in [-0.05, 0) is 30.4 Å². The van der Waals surface area contributed by atoms with E-state index in [0.29, 0.717) is 6.42 Å². The standard InChI is InChI=1S/C12H15NO3S/c1-17(14,15)16-8-4-6-11-9-10-5-2-3-7-12(10)13-11/h2-3,5,7,9,13H,4,6,8H2,1H3. The molecule has 0 saturated carbocycles. The summed E-state index contributed by atoms with van der Waals surface area (Å²) in [5.41, 5.74) is 2.20. The number of hydrogen-bond acceptors (Lipinski definition) is 3. The highest BCUT2D eigenvalue weighted by atomic mass is 32.2. The number of hydrogen-bond donors (Lipinski definition) is 1. The lowest BCUT2D eigenvalue weighted by Gasteiger charge is -1.99. The van der Waals surface area contributed by atoms with Crippen molar-refractivity contribution in [3.8, 4) is 0 Å². The van der Waals surface area contributed by atoms with Crippen LogP contribution in [-0.2, 0) is 20.7 Å². The Morgan fingerprint density at radius 3 is 2.76 bits per heavy atom. The number of para-hydroxylation sites is 1. The summed E-state index contributed by atoms with van der Waals surface area (Å²) in [4.78, 5) is 3.29. The van der Waals surface area contributed by atoms with E-state index in [1.165, 1.54) is 5.39 Å². The van der Waals surface area contributed by atoms with Crippen LogP contribution in [0.15, 0.2) is 30.3 Å². The third-order valence-electron chi connectivity index (χ3n) is 2.47. The highest BCUT2D eigenvalue weighted by Gasteiger charge is 2.03. The average Bonchev–Trinajstić information content (AvgIpc) is 2.65. The van der Waals surface area contributed by atoms with Gasteiger partial charge in [-0.15, -0.1) is 0 Å². The molecule has 1 aromatic heterocycles. The minimum atomic E-state index is -3.31. The van der Waals surface area contributed by atoms with Gasteiger partial charge in [0.05, 0.1) is 12.9 Å². The summed E-state index contributed by atoms with van der Waals surface area (Å²) in [6.45, 7) is 0.230. The van der Waals surface area contributed by atoms with E-state index in [1.54, 1.807) is 0 Å². The zero-order valence-electron chi connectivity index (χ0n) is 9.64. The number of nitrogens with one attached hydrogen (secondary N) is 1. The van der Waals surface area contributed by atoms with Crippen molar-refractivity contribution < 1.29 is 12.6 Å². The molecule has 1 aromatic carbocycles. The Balaban J connectivity index is 1.91. The van der Waals surface area contributed by atoms with Crippen LogP contribution in [0.5, 0.6) is 0 Å². The Morgan fingerprint density at radius 1 is 1.29 bits per heavy atom. The van der Waals surface area contributed by atoms with Gasteiger partial charge in [0.25, 0.3) is 10.1 Å². The van der Waals surface area contributed by atoms with Gasteiger partial charge in [0.15, 0.2) is 0 Å². The monoisotopic (exact) mass is 253 g/mol. The molecule has 92 valence electrons. The summed E-state index contributed by atoms with van der Waals surface area (Å²) < 4.78 is 26.2. The molecule has 4 nitrogen and oxygen atoms in total. The molecule has 0 amide bonds. The molecule has 1 N–H and O–H groups in total. The topological polar surface area (TPSA) is 59.2 Å². The van der Waals surface area contributed by atoms with E-state index in [0.717, 1.165) is 23.9 Å². The normalized spacial score (nSPS) is 12.1. The molecule has 1 heterocycles. The third-order valence-corrected chi connectivity index (χ3v) is 3.07. The molecule has 0 aliphatic carbocycles. The zero-order valence-corrected chi connectivity index (χ0v) is 10.5. The van der Waals surface area contributed by atoms with E-state index in [1.807, 2.05) is 24.3 Å². The molecule has 0 aliphatic rings. The summed E-state index contributed by atoms with van der Waals surface area (Å²) in [7, 11) is -3.31. The first-order valence-electron chi connectivity index (χ1n) is 5.46. The molecule has 0 fully saturated rings. The Labute approximate surface area is 101 Å². The summed E-state index contributed by atoms with van der Waals surface area (Å²) >= 11 is 0. The van der Waals surface area contributed by atoms with E-state index >= 15 is 0 Å². The van der Waals surface area contributed by atoms with Gasteiger partial charge in [-0.2, -0.15) is 8.42 Å². The second-order valence-corrected chi connectivity index (χ2v) is 5.66. The predicted molar refractivity (Wildman–Crippen MR) is 67.4 cm³/mol. The number of aryl methyl sites for hydroxylation is 1. The Morgan fingerprint density at radius 2 is 2.06 bits per heavy atom. The average molecular weight is 253 g/mol. The highest BCUT2D eigenvalue weighted by Crippen LogP contribution is 2.15. The van der Waals surface area contributed by atoms with Crippen LogP contribution in [-0.4, -0.2) is 26.3 Å². The number of fused-ring (bicyclic) bond motifs is 1. The third kappa shape index (κ3) is 3.57. The molecule has 0 saturated heterocycles. The van der Waals surface area contributed by atoms with E-state index in [4.69, 9.17) is 0 Å². The van der Waals surface area contributed by atoms with E-state index in [2.05, 4.69) is 15.2 Å². The molecule has 0 bridgehead atoms. The van der Waals surface area contributed by atoms with Crippen molar-refractivity contribution in [3.05, 3.63) is 36.0 Å². The van der Waals surface area contributed by atoms with Crippen molar-refractivity contribution in [1.29, 1.82) is 0 Å². The Kier molecular flexibility index (Phi) is 3.49. The lowest BCUT2D eigenvalue weighted by molar-refractivity contribution is 0.315. The van der Waals surface area contributed by atoms with Gasteiger partial charge in [-0.25, -0.2) is 0 Å². The number of aromatic amines is 1. The van der Waals surface area contributed by atoms with Crippen LogP contribution >= 0.6 is 0 Å². The van der Waals surface area contributed by atoms with Crippen molar-refractivity contribution in [2.24, 2.45) is 0 Å². The van der Waals surface area contributed by atoms with Gasteiger partial charge in [-0.1, -0.05) is 18.2 Å². The molecule has 0 atom stereocenters. The molecule has 5 heteroatoms. The van der Waals surface area contributed by atoms with Crippen LogP contribution in [0.2, 0.25) is 0 Å². The lowest BCUT2D eigenvalue weighted by Crippen LogP contribution is -2.04. The largest absolute Gasteiger partial charge is 0.358 e. The molecule has 2 rings (SSSR count). The van der Waals surface area contributed by atoms with Gasteiger partial charge in [0.1, 0.15) is 0 Å². The maximum Gasteiger partial charge on any atom is 0.264 e. The molecular weight excluding hydrogens is 238 g/mol. The molecular formula is C12H15NO3S. The first kappa shape index (κ1) is 12.1. The zero-order chi connectivity index (χ0) is 12.3. The van der Waals surface area contributed by atoms with Crippen molar-refractivity contribution >= 4 is 21.0 Å². The summed E-state index contributed by atoms with van der Waals surface area (Å²) in [5, 5.41) is 1.17. The van der Waals surface area contributed by atoms with Gasteiger partial charge >= 0.3 is 0 Å². The van der Waals surface area contributed by atoms with Gasteiger partial charge in [0.2, 0.25) is 0 Å². The predicted octanol–water partition coefficient (Wildman–Crippen LogP) is 2.08. The van der Waals surface area contributed by atoms with E-state index in [9.17, 15) is 8.42 Å². The smallest absolute Gasteiger partial charge is 0.264 e. The molecule has 0 unspecified atom stereocenters. The first-order valence-corrected chi connectivity index (χ1v) is 7.27. The van der Waals surface area contributed by atoms with E-state index < -0.39 is 10.1 Å². The van der Waals surface area contributed by atoms with Gasteiger partial charge < -0.3 is 4.98 Å². The summed E-state index contributed by atoms with van der Waals surface area (Å²) in [5.74, 6) is 0. The number of benzene rings is 1. The van der Waals surface area contributed by atoms with Gasteiger partial charge in [-0.3, -0.25) is 4.18 Å². The van der Waals surface area contributed by atoms with Crippen LogP contribution in [0.1, 0.15) is 12.1 Å². The van der Waals surface area contributed by atoms with Gasteiger partial charge in [0, 0.05) is 11.2 Å². The van der Waals surface area contributed by atoms with E-state index in [-0.39, 0.29) is 6.61 Å². The van der Waals surface area contributed by atoms with Crippen LogP contribution in [0.3, 0.4) is 0 Å². The fourth-order valence-corrected chi connectivity index (χ4v) is 2.16. The maximum atomic E-state index is 10.8. The van der Waals surface area contributed by atoms with Crippen LogP contribution in [0.4, 0.5) is 0 Å². The highest BCUT2D eigenvalue weighted by molar-refractivity contribution is 7.85. The number of H-pyrrole nitrogens is 1. The second-order valence-electron chi connectivity index (χ2n) is 4.01.